The van der Waals surface area contributed by atoms with Crippen LogP contribution in [0.25, 0.3) is 0 Å². The van der Waals surface area contributed by atoms with Gasteiger partial charge in [0.2, 0.25) is 5.78 Å². The number of hydrogen-bond acceptors (Lipinski definition) is 6. The zero-order valence-electron chi connectivity index (χ0n) is 14.7. The second kappa shape index (κ2) is 9.88. The van der Waals surface area contributed by atoms with E-state index >= 15 is 0 Å². The molecule has 7 heteroatoms. The van der Waals surface area contributed by atoms with E-state index in [0.717, 1.165) is 12.8 Å². The number of ether oxygens (including phenoxy) is 1. The van der Waals surface area contributed by atoms with Gasteiger partial charge in [0, 0.05) is 12.1 Å². The smallest absolute Gasteiger partial charge is 0.338 e. The number of aliphatic hydroxyl groups is 1. The highest BCUT2D eigenvalue weighted by molar-refractivity contribution is 5.94. The van der Waals surface area contributed by atoms with Gasteiger partial charge >= 0.3 is 5.97 Å². The molecule has 0 aliphatic heterocycles. The molecule has 138 valence electrons. The first-order chi connectivity index (χ1) is 11.8. The van der Waals surface area contributed by atoms with Crippen molar-refractivity contribution >= 4 is 17.4 Å². The Morgan fingerprint density at radius 1 is 1.12 bits per heavy atom. The molecule has 0 unspecified atom stereocenters. The summed E-state index contributed by atoms with van der Waals surface area (Å²) in [7, 11) is 0. The van der Waals surface area contributed by atoms with Crippen LogP contribution in [0.3, 0.4) is 0 Å². The summed E-state index contributed by atoms with van der Waals surface area (Å²) < 4.78 is 4.98. The zero-order valence-corrected chi connectivity index (χ0v) is 14.7. The molecular weight excluding hydrogens is 326 g/mol. The Hall–Kier alpha value is -2.28. The molecule has 1 rings (SSSR count). The number of carbonyl (C=O) groups excluding carboxylic acids is 2. The van der Waals surface area contributed by atoms with Crippen molar-refractivity contribution in [2.24, 2.45) is 0 Å². The number of benzene rings is 1. The van der Waals surface area contributed by atoms with Crippen molar-refractivity contribution in [2.75, 3.05) is 6.61 Å². The summed E-state index contributed by atoms with van der Waals surface area (Å²) in [5, 5.41) is 21.2. The van der Waals surface area contributed by atoms with Crippen molar-refractivity contribution in [1.29, 1.82) is 0 Å². The van der Waals surface area contributed by atoms with Crippen molar-refractivity contribution in [3.63, 3.8) is 0 Å². The summed E-state index contributed by atoms with van der Waals surface area (Å²) >= 11 is 0. The molecule has 0 bridgehead atoms. The molecule has 0 fully saturated rings. The van der Waals surface area contributed by atoms with E-state index in [-0.39, 0.29) is 11.3 Å². The minimum atomic E-state index is -1.47. The number of ketones is 1. The number of nitro benzene ring substituents is 1. The Morgan fingerprint density at radius 3 is 2.08 bits per heavy atom. The molecule has 1 N–H and O–H groups in total. The highest BCUT2D eigenvalue weighted by Crippen LogP contribution is 2.23. The van der Waals surface area contributed by atoms with E-state index in [9.17, 15) is 24.8 Å². The first-order valence-corrected chi connectivity index (χ1v) is 8.51. The second-order valence-electron chi connectivity index (χ2n) is 6.04. The molecule has 0 spiro atoms. The summed E-state index contributed by atoms with van der Waals surface area (Å²) in [6, 6.07) is 4.92. The highest BCUT2D eigenvalue weighted by atomic mass is 16.6. The van der Waals surface area contributed by atoms with Crippen molar-refractivity contribution in [2.45, 2.75) is 58.0 Å². The third-order valence-corrected chi connectivity index (χ3v) is 4.06. The number of rotatable bonds is 11. The average Bonchev–Trinajstić information content (AvgIpc) is 2.62. The molecule has 0 atom stereocenters. The number of esters is 1. The largest absolute Gasteiger partial charge is 0.454 e. The third-order valence-electron chi connectivity index (χ3n) is 4.06. The van der Waals surface area contributed by atoms with Crippen molar-refractivity contribution in [3.8, 4) is 0 Å². The molecule has 0 heterocycles. The minimum absolute atomic E-state index is 0.115. The van der Waals surface area contributed by atoms with Crippen LogP contribution in [0.5, 0.6) is 0 Å². The number of hydrogen-bond donors (Lipinski definition) is 1. The lowest BCUT2D eigenvalue weighted by molar-refractivity contribution is -0.384. The van der Waals surface area contributed by atoms with Crippen LogP contribution in [0.15, 0.2) is 24.3 Å². The van der Waals surface area contributed by atoms with E-state index in [4.69, 9.17) is 4.74 Å². The van der Waals surface area contributed by atoms with E-state index in [1.165, 1.54) is 24.3 Å². The Morgan fingerprint density at radius 2 is 1.64 bits per heavy atom. The first kappa shape index (κ1) is 20.8. The predicted octanol–water partition coefficient (Wildman–Crippen LogP) is 3.43. The van der Waals surface area contributed by atoms with Crippen molar-refractivity contribution in [1.82, 2.24) is 0 Å². The van der Waals surface area contributed by atoms with E-state index in [0.29, 0.717) is 25.7 Å². The van der Waals surface area contributed by atoms with Gasteiger partial charge in [-0.05, 0) is 25.0 Å². The minimum Gasteiger partial charge on any atom is -0.454 e. The fourth-order valence-electron chi connectivity index (χ4n) is 2.41. The zero-order chi connectivity index (χ0) is 18.9. The molecular formula is C18H25NO6. The van der Waals surface area contributed by atoms with Crippen molar-refractivity contribution < 1.29 is 24.4 Å². The highest BCUT2D eigenvalue weighted by Gasteiger charge is 2.34. The lowest BCUT2D eigenvalue weighted by Crippen LogP contribution is -2.41. The monoisotopic (exact) mass is 351 g/mol. The summed E-state index contributed by atoms with van der Waals surface area (Å²) in [5.41, 5.74) is -1.49. The predicted molar refractivity (Wildman–Crippen MR) is 92.4 cm³/mol. The lowest BCUT2D eigenvalue weighted by Gasteiger charge is -2.26. The normalized spacial score (nSPS) is 11.2. The Bertz CT molecular complexity index is 588. The SMILES string of the molecule is CCCCC(O)(CCCC)C(=O)COC(=O)c1ccc([N+](=O)[O-])cc1. The van der Waals surface area contributed by atoms with Crippen molar-refractivity contribution in [3.05, 3.63) is 39.9 Å². The van der Waals surface area contributed by atoms with Gasteiger partial charge < -0.3 is 9.84 Å². The van der Waals surface area contributed by atoms with Gasteiger partial charge in [-0.25, -0.2) is 4.79 Å². The van der Waals surface area contributed by atoms with E-state index in [1.807, 2.05) is 13.8 Å². The summed E-state index contributed by atoms with van der Waals surface area (Å²) in [5.74, 6) is -1.26. The van der Waals surface area contributed by atoms with Gasteiger partial charge in [0.25, 0.3) is 5.69 Å². The van der Waals surface area contributed by atoms with E-state index in [1.54, 1.807) is 0 Å². The number of carbonyl (C=O) groups is 2. The molecule has 0 saturated heterocycles. The van der Waals surface area contributed by atoms with Crippen LogP contribution in [-0.4, -0.2) is 34.0 Å². The molecule has 1 aromatic rings. The molecule has 0 saturated carbocycles. The topological polar surface area (TPSA) is 107 Å². The number of non-ortho nitro benzene ring substituents is 1. The molecule has 1 aromatic carbocycles. The van der Waals surface area contributed by atoms with Gasteiger partial charge in [-0.2, -0.15) is 0 Å². The number of nitrogens with zero attached hydrogens (tertiary/aromatic N) is 1. The van der Waals surface area contributed by atoms with E-state index in [2.05, 4.69) is 0 Å². The Kier molecular flexibility index (Phi) is 8.21. The van der Waals surface area contributed by atoms with Gasteiger partial charge in [0.15, 0.2) is 6.61 Å². The van der Waals surface area contributed by atoms with Crippen LogP contribution < -0.4 is 0 Å². The second-order valence-corrected chi connectivity index (χ2v) is 6.04. The van der Waals surface area contributed by atoms with Gasteiger partial charge in [-0.15, -0.1) is 0 Å². The van der Waals surface area contributed by atoms with Gasteiger partial charge in [0.05, 0.1) is 10.5 Å². The average molecular weight is 351 g/mol. The van der Waals surface area contributed by atoms with Crippen LogP contribution in [0.1, 0.15) is 62.7 Å². The van der Waals surface area contributed by atoms with Gasteiger partial charge in [-0.1, -0.05) is 39.5 Å². The maximum atomic E-state index is 12.3. The first-order valence-electron chi connectivity index (χ1n) is 8.51. The molecule has 0 radical (unpaired) electrons. The van der Waals surface area contributed by atoms with Gasteiger partial charge in [0.1, 0.15) is 5.60 Å². The van der Waals surface area contributed by atoms with Crippen LogP contribution in [0.4, 0.5) is 5.69 Å². The third kappa shape index (κ3) is 6.26. The lowest BCUT2D eigenvalue weighted by atomic mass is 9.87. The number of unbranched alkanes of at least 4 members (excludes halogenated alkanes) is 2. The molecule has 25 heavy (non-hydrogen) atoms. The van der Waals surface area contributed by atoms with Crippen LogP contribution in [0, 0.1) is 10.1 Å². The fourth-order valence-corrected chi connectivity index (χ4v) is 2.41. The summed E-state index contributed by atoms with van der Waals surface area (Å²) in [6.45, 7) is 3.43. The number of nitro groups is 1. The number of Topliss-reactive ketones (excluding diaryl/α,β-unsaturated/α-hetero) is 1. The maximum absolute atomic E-state index is 12.3. The summed E-state index contributed by atoms with van der Waals surface area (Å²) in [4.78, 5) is 34.3. The quantitative estimate of drug-likeness (QED) is 0.372. The molecule has 7 nitrogen and oxygen atoms in total. The fraction of sp³-hybridized carbons (Fsp3) is 0.556. The molecule has 0 amide bonds. The van der Waals surface area contributed by atoms with Crippen LogP contribution in [0.2, 0.25) is 0 Å². The molecule has 0 aromatic heterocycles. The van der Waals surface area contributed by atoms with Crippen LogP contribution >= 0.6 is 0 Å². The Balaban J connectivity index is 2.67. The molecule has 0 aliphatic carbocycles. The van der Waals surface area contributed by atoms with Crippen LogP contribution in [-0.2, 0) is 9.53 Å². The maximum Gasteiger partial charge on any atom is 0.338 e. The van der Waals surface area contributed by atoms with Gasteiger partial charge in [-0.3, -0.25) is 14.9 Å². The Labute approximate surface area is 147 Å². The standard InChI is InChI=1S/C18H25NO6/c1-3-5-11-18(22,12-6-4-2)16(20)13-25-17(21)14-7-9-15(10-8-14)19(23)24/h7-10,22H,3-6,11-13H2,1-2H3. The summed E-state index contributed by atoms with van der Waals surface area (Å²) in [6.07, 6.45) is 3.81. The van der Waals surface area contributed by atoms with E-state index < -0.39 is 28.9 Å². The molecule has 0 aliphatic rings.